The van der Waals surface area contributed by atoms with Gasteiger partial charge in [0.25, 0.3) is 0 Å². The fourth-order valence-electron chi connectivity index (χ4n) is 2.68. The number of ether oxygens (including phenoxy) is 2. The minimum absolute atomic E-state index is 0.0902. The maximum absolute atomic E-state index is 12.0. The number of carbonyl (C=O) groups is 1. The molecular weight excluding hydrogens is 266 g/mol. The van der Waals surface area contributed by atoms with Gasteiger partial charge in [-0.05, 0) is 45.4 Å². The first-order valence-electron chi connectivity index (χ1n) is 7.81. The van der Waals surface area contributed by atoms with Crippen molar-refractivity contribution >= 4 is 5.97 Å². The molecule has 0 N–H and O–H groups in total. The Bertz CT molecular complexity index is 444. The molecule has 4 nitrogen and oxygen atoms in total. The highest BCUT2D eigenvalue weighted by Gasteiger charge is 2.29. The van der Waals surface area contributed by atoms with E-state index in [9.17, 15) is 4.79 Å². The molecule has 1 atom stereocenters. The van der Waals surface area contributed by atoms with Gasteiger partial charge >= 0.3 is 5.97 Å². The minimum Gasteiger partial charge on any atom is -0.492 e. The second-order valence-electron chi connectivity index (χ2n) is 5.46. The Kier molecular flexibility index (Phi) is 6.05. The summed E-state index contributed by atoms with van der Waals surface area (Å²) in [5.74, 6) is 0.790. The second-order valence-corrected chi connectivity index (χ2v) is 5.46. The van der Waals surface area contributed by atoms with Crippen LogP contribution >= 0.6 is 0 Å². The fraction of sp³-hybridized carbons (Fsp3) is 0.588. The zero-order valence-electron chi connectivity index (χ0n) is 13.0. The number of benzene rings is 1. The second kappa shape index (κ2) is 8.03. The van der Waals surface area contributed by atoms with Gasteiger partial charge in [0.2, 0.25) is 0 Å². The standard InChI is InChI=1S/C17H25NO3/c1-3-20-17(19)16-6-4-5-11-18(16)12-13-21-15-9-7-14(2)8-10-15/h7-10,16H,3-6,11-13H2,1-2H3. The Balaban J connectivity index is 1.82. The topological polar surface area (TPSA) is 38.8 Å². The summed E-state index contributed by atoms with van der Waals surface area (Å²) in [6.07, 6.45) is 3.13. The van der Waals surface area contributed by atoms with Crippen LogP contribution in [0.15, 0.2) is 24.3 Å². The molecule has 4 heteroatoms. The van der Waals surface area contributed by atoms with E-state index in [0.29, 0.717) is 13.2 Å². The van der Waals surface area contributed by atoms with Crippen molar-refractivity contribution in [3.05, 3.63) is 29.8 Å². The number of carbonyl (C=O) groups excluding carboxylic acids is 1. The van der Waals surface area contributed by atoms with Gasteiger partial charge < -0.3 is 9.47 Å². The van der Waals surface area contributed by atoms with Crippen LogP contribution in [-0.4, -0.2) is 43.2 Å². The van der Waals surface area contributed by atoms with E-state index in [1.165, 1.54) is 5.56 Å². The summed E-state index contributed by atoms with van der Waals surface area (Å²) in [7, 11) is 0. The quantitative estimate of drug-likeness (QED) is 0.756. The summed E-state index contributed by atoms with van der Waals surface area (Å²) >= 11 is 0. The van der Waals surface area contributed by atoms with Crippen LogP contribution in [0.1, 0.15) is 31.7 Å². The molecule has 0 bridgehead atoms. The van der Waals surface area contributed by atoms with Crippen molar-refractivity contribution in [1.82, 2.24) is 4.90 Å². The molecule has 0 aliphatic carbocycles. The summed E-state index contributed by atoms with van der Waals surface area (Å²) in [5.41, 5.74) is 1.22. The first-order valence-corrected chi connectivity index (χ1v) is 7.81. The third kappa shape index (κ3) is 4.74. The number of piperidine rings is 1. The van der Waals surface area contributed by atoms with Crippen LogP contribution < -0.4 is 4.74 Å². The fourth-order valence-corrected chi connectivity index (χ4v) is 2.68. The van der Waals surface area contributed by atoms with Gasteiger partial charge in [0, 0.05) is 6.54 Å². The first kappa shape index (κ1) is 15.8. The zero-order chi connectivity index (χ0) is 15.1. The van der Waals surface area contributed by atoms with Gasteiger partial charge in [-0.2, -0.15) is 0 Å². The normalized spacial score (nSPS) is 19.2. The van der Waals surface area contributed by atoms with Crippen LogP contribution in [0, 0.1) is 6.92 Å². The lowest BCUT2D eigenvalue weighted by atomic mass is 10.0. The highest BCUT2D eigenvalue weighted by molar-refractivity contribution is 5.75. The number of hydrogen-bond donors (Lipinski definition) is 0. The Morgan fingerprint density at radius 2 is 2.05 bits per heavy atom. The molecule has 0 saturated carbocycles. The largest absolute Gasteiger partial charge is 0.492 e. The number of aryl methyl sites for hydroxylation is 1. The maximum Gasteiger partial charge on any atom is 0.323 e. The molecule has 0 spiro atoms. The third-order valence-corrected chi connectivity index (χ3v) is 3.84. The van der Waals surface area contributed by atoms with E-state index in [4.69, 9.17) is 9.47 Å². The average Bonchev–Trinajstić information content (AvgIpc) is 2.50. The number of nitrogens with zero attached hydrogens (tertiary/aromatic N) is 1. The van der Waals surface area contributed by atoms with Crippen molar-refractivity contribution in [3.8, 4) is 5.75 Å². The molecule has 1 saturated heterocycles. The van der Waals surface area contributed by atoms with Crippen LogP contribution in [0.3, 0.4) is 0 Å². The van der Waals surface area contributed by atoms with E-state index in [1.54, 1.807) is 0 Å². The maximum atomic E-state index is 12.0. The van der Waals surface area contributed by atoms with Crippen LogP contribution in [0.2, 0.25) is 0 Å². The Labute approximate surface area is 127 Å². The molecule has 0 radical (unpaired) electrons. The SMILES string of the molecule is CCOC(=O)C1CCCCN1CCOc1ccc(C)cc1. The third-order valence-electron chi connectivity index (χ3n) is 3.84. The van der Waals surface area contributed by atoms with Gasteiger partial charge in [-0.25, -0.2) is 0 Å². The zero-order valence-corrected chi connectivity index (χ0v) is 13.0. The monoisotopic (exact) mass is 291 g/mol. The van der Waals surface area contributed by atoms with E-state index < -0.39 is 0 Å². The summed E-state index contributed by atoms with van der Waals surface area (Å²) in [6, 6.07) is 7.94. The molecule has 1 aliphatic heterocycles. The van der Waals surface area contributed by atoms with Gasteiger partial charge in [-0.3, -0.25) is 9.69 Å². The molecular formula is C17H25NO3. The molecule has 0 aromatic heterocycles. The van der Waals surface area contributed by atoms with Crippen molar-refractivity contribution in [2.45, 2.75) is 39.2 Å². The van der Waals surface area contributed by atoms with Gasteiger partial charge in [0.15, 0.2) is 0 Å². The Hall–Kier alpha value is -1.55. The van der Waals surface area contributed by atoms with E-state index in [0.717, 1.165) is 38.1 Å². The minimum atomic E-state index is -0.0969. The van der Waals surface area contributed by atoms with Crippen molar-refractivity contribution in [3.63, 3.8) is 0 Å². The van der Waals surface area contributed by atoms with Crippen molar-refractivity contribution in [2.24, 2.45) is 0 Å². The highest BCUT2D eigenvalue weighted by atomic mass is 16.5. The lowest BCUT2D eigenvalue weighted by Crippen LogP contribution is -2.47. The predicted octanol–water partition coefficient (Wildman–Crippen LogP) is 2.79. The summed E-state index contributed by atoms with van der Waals surface area (Å²) in [6.45, 7) is 6.66. The Morgan fingerprint density at radius 3 is 2.76 bits per heavy atom. The predicted molar refractivity (Wildman–Crippen MR) is 82.5 cm³/mol. The smallest absolute Gasteiger partial charge is 0.323 e. The average molecular weight is 291 g/mol. The summed E-state index contributed by atoms with van der Waals surface area (Å²) < 4.78 is 10.9. The van der Waals surface area contributed by atoms with Crippen LogP contribution in [0.4, 0.5) is 0 Å². The lowest BCUT2D eigenvalue weighted by Gasteiger charge is -2.33. The first-order chi connectivity index (χ1) is 10.2. The van der Waals surface area contributed by atoms with Crippen LogP contribution in [0.25, 0.3) is 0 Å². The molecule has 21 heavy (non-hydrogen) atoms. The summed E-state index contributed by atoms with van der Waals surface area (Å²) in [4.78, 5) is 14.2. The number of esters is 1. The molecule has 1 fully saturated rings. The Morgan fingerprint density at radius 1 is 1.29 bits per heavy atom. The molecule has 1 aliphatic rings. The van der Waals surface area contributed by atoms with Gasteiger partial charge in [0.1, 0.15) is 18.4 Å². The molecule has 2 rings (SSSR count). The van der Waals surface area contributed by atoms with E-state index in [-0.39, 0.29) is 12.0 Å². The van der Waals surface area contributed by atoms with Crippen LogP contribution in [-0.2, 0) is 9.53 Å². The van der Waals surface area contributed by atoms with E-state index in [2.05, 4.69) is 11.8 Å². The van der Waals surface area contributed by atoms with Crippen LogP contribution in [0.5, 0.6) is 5.75 Å². The molecule has 116 valence electrons. The number of hydrogen-bond acceptors (Lipinski definition) is 4. The molecule has 1 unspecified atom stereocenters. The van der Waals surface area contributed by atoms with Crippen molar-refractivity contribution in [2.75, 3.05) is 26.3 Å². The van der Waals surface area contributed by atoms with Crippen molar-refractivity contribution < 1.29 is 14.3 Å². The highest BCUT2D eigenvalue weighted by Crippen LogP contribution is 2.18. The van der Waals surface area contributed by atoms with Gasteiger partial charge in [-0.1, -0.05) is 24.1 Å². The number of likely N-dealkylation sites (tertiary alicyclic amines) is 1. The van der Waals surface area contributed by atoms with E-state index >= 15 is 0 Å². The van der Waals surface area contributed by atoms with E-state index in [1.807, 2.05) is 31.2 Å². The molecule has 1 aromatic carbocycles. The lowest BCUT2D eigenvalue weighted by molar-refractivity contribution is -0.151. The molecule has 1 heterocycles. The van der Waals surface area contributed by atoms with Gasteiger partial charge in [-0.15, -0.1) is 0 Å². The molecule has 0 amide bonds. The number of rotatable bonds is 6. The van der Waals surface area contributed by atoms with Gasteiger partial charge in [0.05, 0.1) is 6.61 Å². The molecule has 1 aromatic rings. The van der Waals surface area contributed by atoms with Crippen molar-refractivity contribution in [1.29, 1.82) is 0 Å². The summed E-state index contributed by atoms with van der Waals surface area (Å²) in [5, 5.41) is 0.